The van der Waals surface area contributed by atoms with E-state index in [-0.39, 0.29) is 22.3 Å². The molecule has 0 aromatic heterocycles. The molecule has 0 bridgehead atoms. The fraction of sp³-hybridized carbons (Fsp3) is 0.364. The van der Waals surface area contributed by atoms with Gasteiger partial charge in [-0.15, -0.1) is 0 Å². The molecule has 19 heavy (non-hydrogen) atoms. The van der Waals surface area contributed by atoms with E-state index in [1.165, 1.54) is 19.2 Å². The van der Waals surface area contributed by atoms with Crippen LogP contribution in [0.25, 0.3) is 0 Å². The fourth-order valence-electron chi connectivity index (χ4n) is 1.43. The van der Waals surface area contributed by atoms with E-state index in [1.54, 1.807) is 6.92 Å². The standard InChI is InChI=1S/C11H14BrFN2O2S2/c1-7(11(14)18)6-15(2)19(16,17)10-4-3-8(12)5-9(10)13/h3-5,7H,6H2,1-2H3,(H2,14,18). The normalized spacial score (nSPS) is 13.5. The molecule has 4 nitrogen and oxygen atoms in total. The summed E-state index contributed by atoms with van der Waals surface area (Å²) in [5.74, 6) is -1.09. The maximum absolute atomic E-state index is 13.7. The summed E-state index contributed by atoms with van der Waals surface area (Å²) in [6.07, 6.45) is 0. The molecule has 0 aliphatic heterocycles. The predicted molar refractivity (Wildman–Crippen MR) is 79.9 cm³/mol. The maximum atomic E-state index is 13.7. The van der Waals surface area contributed by atoms with Gasteiger partial charge in [-0.2, -0.15) is 0 Å². The SMILES string of the molecule is CC(CN(C)S(=O)(=O)c1ccc(Br)cc1F)C(N)=S. The molecule has 1 aromatic carbocycles. The van der Waals surface area contributed by atoms with Crippen LogP contribution in [0.4, 0.5) is 4.39 Å². The number of halogens is 2. The third-order valence-electron chi connectivity index (χ3n) is 2.60. The predicted octanol–water partition coefficient (Wildman–Crippen LogP) is 2.13. The molecule has 0 radical (unpaired) electrons. The Labute approximate surface area is 126 Å². The Hall–Kier alpha value is -0.570. The van der Waals surface area contributed by atoms with Crippen LogP contribution < -0.4 is 5.73 Å². The average molecular weight is 369 g/mol. The van der Waals surface area contributed by atoms with E-state index in [0.29, 0.717) is 4.47 Å². The van der Waals surface area contributed by atoms with Gasteiger partial charge in [0.2, 0.25) is 10.0 Å². The highest BCUT2D eigenvalue weighted by molar-refractivity contribution is 9.10. The zero-order valence-electron chi connectivity index (χ0n) is 10.4. The van der Waals surface area contributed by atoms with Gasteiger partial charge in [-0.3, -0.25) is 0 Å². The molecule has 1 aromatic rings. The lowest BCUT2D eigenvalue weighted by molar-refractivity contribution is 0.440. The molecule has 106 valence electrons. The lowest BCUT2D eigenvalue weighted by Crippen LogP contribution is -2.35. The number of nitrogens with zero attached hydrogens (tertiary/aromatic N) is 1. The number of hydrogen-bond donors (Lipinski definition) is 1. The van der Waals surface area contributed by atoms with Gasteiger partial charge in [-0.05, 0) is 18.2 Å². The van der Waals surface area contributed by atoms with Crippen molar-refractivity contribution in [3.63, 3.8) is 0 Å². The summed E-state index contributed by atoms with van der Waals surface area (Å²) >= 11 is 7.87. The van der Waals surface area contributed by atoms with Gasteiger partial charge in [0.15, 0.2) is 0 Å². The smallest absolute Gasteiger partial charge is 0.245 e. The zero-order chi connectivity index (χ0) is 14.8. The van der Waals surface area contributed by atoms with E-state index in [0.717, 1.165) is 10.4 Å². The van der Waals surface area contributed by atoms with Crippen LogP contribution in [0.5, 0.6) is 0 Å². The molecule has 0 amide bonds. The van der Waals surface area contributed by atoms with Crippen molar-refractivity contribution >= 4 is 43.2 Å². The minimum atomic E-state index is -3.89. The summed E-state index contributed by atoms with van der Waals surface area (Å²) in [6.45, 7) is 1.82. The third kappa shape index (κ3) is 3.95. The fourth-order valence-corrected chi connectivity index (χ4v) is 3.13. The molecule has 8 heteroatoms. The molecule has 0 fully saturated rings. The van der Waals surface area contributed by atoms with Gasteiger partial charge in [0, 0.05) is 24.0 Å². The quantitative estimate of drug-likeness (QED) is 0.808. The lowest BCUT2D eigenvalue weighted by Gasteiger charge is -2.20. The van der Waals surface area contributed by atoms with Crippen molar-refractivity contribution in [1.29, 1.82) is 0 Å². The van der Waals surface area contributed by atoms with Gasteiger partial charge in [-0.1, -0.05) is 35.1 Å². The Balaban J connectivity index is 3.06. The zero-order valence-corrected chi connectivity index (χ0v) is 13.6. The van der Waals surface area contributed by atoms with Crippen molar-refractivity contribution in [3.05, 3.63) is 28.5 Å². The summed E-state index contributed by atoms with van der Waals surface area (Å²) in [7, 11) is -2.53. The van der Waals surface area contributed by atoms with Gasteiger partial charge in [-0.25, -0.2) is 17.1 Å². The van der Waals surface area contributed by atoms with Gasteiger partial charge in [0.25, 0.3) is 0 Å². The Bertz CT molecular complexity index is 592. The van der Waals surface area contributed by atoms with Crippen LogP contribution >= 0.6 is 28.1 Å². The van der Waals surface area contributed by atoms with Crippen LogP contribution in [0.3, 0.4) is 0 Å². The van der Waals surface area contributed by atoms with Crippen molar-refractivity contribution in [3.8, 4) is 0 Å². The van der Waals surface area contributed by atoms with E-state index < -0.39 is 15.8 Å². The molecule has 0 aliphatic carbocycles. The third-order valence-corrected chi connectivity index (χ3v) is 5.35. The minimum Gasteiger partial charge on any atom is -0.393 e. The van der Waals surface area contributed by atoms with Crippen LogP contribution in [-0.2, 0) is 10.0 Å². The highest BCUT2D eigenvalue weighted by Crippen LogP contribution is 2.22. The van der Waals surface area contributed by atoms with E-state index >= 15 is 0 Å². The first kappa shape index (κ1) is 16.5. The number of rotatable bonds is 5. The van der Waals surface area contributed by atoms with Gasteiger partial charge in [0.1, 0.15) is 10.7 Å². The van der Waals surface area contributed by atoms with Crippen molar-refractivity contribution in [2.75, 3.05) is 13.6 Å². The van der Waals surface area contributed by atoms with Gasteiger partial charge < -0.3 is 5.73 Å². The molecular weight excluding hydrogens is 355 g/mol. The van der Waals surface area contributed by atoms with Crippen LogP contribution in [0.15, 0.2) is 27.6 Å². The van der Waals surface area contributed by atoms with E-state index in [9.17, 15) is 12.8 Å². The first-order chi connectivity index (χ1) is 8.66. The molecule has 2 N–H and O–H groups in total. The molecule has 0 heterocycles. The summed E-state index contributed by atoms with van der Waals surface area (Å²) in [6, 6.07) is 3.80. The Morgan fingerprint density at radius 2 is 2.16 bits per heavy atom. The topological polar surface area (TPSA) is 63.4 Å². The van der Waals surface area contributed by atoms with Crippen LogP contribution in [0.1, 0.15) is 6.92 Å². The number of hydrogen-bond acceptors (Lipinski definition) is 3. The molecule has 0 saturated heterocycles. The molecule has 1 unspecified atom stereocenters. The van der Waals surface area contributed by atoms with Crippen molar-refractivity contribution in [2.24, 2.45) is 11.7 Å². The second-order valence-electron chi connectivity index (χ2n) is 4.16. The molecule has 1 atom stereocenters. The summed E-state index contributed by atoms with van der Waals surface area (Å²) in [5, 5.41) is 0. The monoisotopic (exact) mass is 368 g/mol. The molecular formula is C11H14BrFN2O2S2. The van der Waals surface area contributed by atoms with Gasteiger partial charge in [0.05, 0.1) is 4.99 Å². The van der Waals surface area contributed by atoms with Crippen LogP contribution in [0.2, 0.25) is 0 Å². The highest BCUT2D eigenvalue weighted by atomic mass is 79.9. The Kier molecular flexibility index (Phi) is 5.43. The Morgan fingerprint density at radius 3 is 2.63 bits per heavy atom. The Morgan fingerprint density at radius 1 is 1.58 bits per heavy atom. The van der Waals surface area contributed by atoms with Crippen molar-refractivity contribution in [2.45, 2.75) is 11.8 Å². The second-order valence-corrected chi connectivity index (χ2v) is 7.56. The number of sulfonamides is 1. The first-order valence-electron chi connectivity index (χ1n) is 5.37. The number of thiocarbonyl (C=S) groups is 1. The lowest BCUT2D eigenvalue weighted by atomic mass is 10.2. The van der Waals surface area contributed by atoms with Crippen LogP contribution in [0, 0.1) is 11.7 Å². The summed E-state index contributed by atoms with van der Waals surface area (Å²) in [5.41, 5.74) is 5.45. The molecule has 0 spiro atoms. The maximum Gasteiger partial charge on any atom is 0.245 e. The van der Waals surface area contributed by atoms with Gasteiger partial charge >= 0.3 is 0 Å². The number of nitrogens with two attached hydrogens (primary N) is 1. The summed E-state index contributed by atoms with van der Waals surface area (Å²) < 4.78 is 39.7. The number of benzene rings is 1. The van der Waals surface area contributed by atoms with E-state index in [1.807, 2.05) is 0 Å². The second kappa shape index (κ2) is 6.25. The van der Waals surface area contributed by atoms with E-state index in [4.69, 9.17) is 18.0 Å². The van der Waals surface area contributed by atoms with Crippen molar-refractivity contribution in [1.82, 2.24) is 4.31 Å². The average Bonchev–Trinajstić information content (AvgIpc) is 2.27. The van der Waals surface area contributed by atoms with Crippen molar-refractivity contribution < 1.29 is 12.8 Å². The molecule has 0 saturated carbocycles. The van der Waals surface area contributed by atoms with E-state index in [2.05, 4.69) is 15.9 Å². The summed E-state index contributed by atoms with van der Waals surface area (Å²) in [4.78, 5) is -0.147. The molecule has 0 aliphatic rings. The first-order valence-corrected chi connectivity index (χ1v) is 8.01. The van der Waals surface area contributed by atoms with Crippen LogP contribution in [-0.4, -0.2) is 31.3 Å². The minimum absolute atomic E-state index is 0.104. The largest absolute Gasteiger partial charge is 0.393 e. The molecule has 1 rings (SSSR count). The highest BCUT2D eigenvalue weighted by Gasteiger charge is 2.26.